The maximum Gasteiger partial charge on any atom is 0 e. The minimum absolute atomic E-state index is 0. The van der Waals surface area contributed by atoms with Gasteiger partial charge in [-0.2, -0.15) is 0 Å². The molecule has 5 heteroatoms. The Morgan fingerprint density at radius 1 is 0.400 bits per heavy atom. The zero-order valence-corrected chi connectivity index (χ0v) is 3.73. The first kappa shape index (κ1) is 740. The van der Waals surface area contributed by atoms with Gasteiger partial charge in [0.2, 0.25) is 0 Å². The van der Waals surface area contributed by atoms with Crippen molar-refractivity contribution in [2.24, 2.45) is 0 Å². The monoisotopic (exact) mass is 99.0 g/mol. The fourth-order valence-electron chi connectivity index (χ4n) is 0. The van der Waals surface area contributed by atoms with Gasteiger partial charge in [-0.1, -0.05) is 0 Å². The van der Waals surface area contributed by atoms with Gasteiger partial charge in [-0.25, -0.2) is 0 Å². The summed E-state index contributed by atoms with van der Waals surface area (Å²) in [6.07, 6.45) is 0. The molecular weight excluding hydrogens is 91.0 g/mol. The van der Waals surface area contributed by atoms with Crippen LogP contribution in [0.4, 0.5) is 0 Å². The zero-order chi connectivity index (χ0) is 0. The van der Waals surface area contributed by atoms with Gasteiger partial charge in [-0.15, -0.1) is 0 Å². The van der Waals surface area contributed by atoms with Crippen molar-refractivity contribution in [3.8, 4) is 0 Å². The van der Waals surface area contributed by atoms with E-state index in [1.807, 2.05) is 0 Å². The lowest BCUT2D eigenvalue weighted by Gasteiger charge is -0.413. The highest BCUT2D eigenvalue weighted by molar-refractivity contribution is 5.75. The fourth-order valence-corrected chi connectivity index (χ4v) is 0. The van der Waals surface area contributed by atoms with E-state index < -0.39 is 0 Å². The molecule has 0 aromatic carbocycles. The third-order valence-electron chi connectivity index (χ3n) is 0. The molecule has 0 spiro atoms. The van der Waals surface area contributed by atoms with Gasteiger partial charge in [0.05, 0.1) is 0 Å². The molecule has 0 bridgehead atoms. The van der Waals surface area contributed by atoms with Gasteiger partial charge in [0.15, 0.2) is 0 Å². The van der Waals surface area contributed by atoms with Crippen LogP contribution in [0.3, 0.4) is 0 Å². The van der Waals surface area contributed by atoms with Crippen molar-refractivity contribution in [3.05, 3.63) is 0 Å². The molecule has 0 aliphatic rings. The average molecular weight is 99.0 g/mol. The van der Waals surface area contributed by atoms with E-state index in [0.29, 0.717) is 0 Å². The Bertz CT molecular complexity index is 3.61. The van der Waals surface area contributed by atoms with Crippen molar-refractivity contribution >= 4 is 17.4 Å². The summed E-state index contributed by atoms with van der Waals surface area (Å²) in [6.45, 7) is 0. The highest BCUT2D eigenvalue weighted by Gasteiger charge is 0.00000979. The van der Waals surface area contributed by atoms with E-state index >= 15 is 0 Å². The van der Waals surface area contributed by atoms with E-state index in [1.165, 1.54) is 0 Å². The van der Waals surface area contributed by atoms with Crippen molar-refractivity contribution in [1.82, 2.24) is 0 Å². The molecule has 0 unspecified atom stereocenters. The molecule has 0 aliphatic heterocycles. The molecule has 0 aromatic rings. The molecule has 0 aromatic heterocycles. The van der Waals surface area contributed by atoms with E-state index in [4.69, 9.17) is 0 Å². The van der Waals surface area contributed by atoms with E-state index in [-0.39, 0.29) is 39.3 Å². The standard InChI is InChI=1S/Al.4H2O/h;4*1H2. The van der Waals surface area contributed by atoms with Crippen LogP contribution in [-0.4, -0.2) is 39.3 Å². The Labute approximate surface area is 40.2 Å². The highest BCUT2D eigenvalue weighted by Crippen LogP contribution is -0.286. The first-order valence-corrected chi connectivity index (χ1v) is 0. The van der Waals surface area contributed by atoms with Crippen molar-refractivity contribution in [1.29, 1.82) is 0 Å². The lowest BCUT2D eigenvalue weighted by atomic mass is 16.0. The van der Waals surface area contributed by atoms with Crippen LogP contribution < -0.4 is 0 Å². The largest absolute Gasteiger partial charge is 0.412 e. The maximum atomic E-state index is 0. The van der Waals surface area contributed by atoms with Gasteiger partial charge in [0.25, 0.3) is 0 Å². The molecular formula is H8AlO4. The summed E-state index contributed by atoms with van der Waals surface area (Å²) in [5, 5.41) is 0. The minimum Gasteiger partial charge on any atom is -0.412 e. The second-order valence-corrected chi connectivity index (χ2v) is 0. The molecule has 4 nitrogen and oxygen atoms in total. The van der Waals surface area contributed by atoms with Gasteiger partial charge in [0.1, 0.15) is 0 Å². The average Bonchev–Trinajstić information content (AvgIpc) is 0. The van der Waals surface area contributed by atoms with E-state index in [0.717, 1.165) is 0 Å². The molecule has 0 saturated heterocycles. The molecule has 0 amide bonds. The molecule has 0 saturated carbocycles. The summed E-state index contributed by atoms with van der Waals surface area (Å²) in [5.41, 5.74) is 0. The summed E-state index contributed by atoms with van der Waals surface area (Å²) in [7, 11) is 0. The SMILES string of the molecule is O.O.O.O.[Al]. The lowest BCUT2D eigenvalue weighted by Crippen LogP contribution is -0.381. The van der Waals surface area contributed by atoms with Crippen molar-refractivity contribution in [2.45, 2.75) is 0 Å². The molecule has 35 valence electrons. The summed E-state index contributed by atoms with van der Waals surface area (Å²) < 4.78 is 0. The number of hydrogen-bond acceptors (Lipinski definition) is 0. The van der Waals surface area contributed by atoms with Crippen LogP contribution >= 0.6 is 0 Å². The van der Waals surface area contributed by atoms with E-state index in [9.17, 15) is 0 Å². The molecule has 0 rings (SSSR count). The van der Waals surface area contributed by atoms with Crippen LogP contribution in [0.15, 0.2) is 0 Å². The van der Waals surface area contributed by atoms with Crippen LogP contribution in [0.1, 0.15) is 0 Å². The Balaban J connectivity index is 0. The fraction of sp³-hybridized carbons (Fsp3) is 0. The van der Waals surface area contributed by atoms with Gasteiger partial charge >= 0.3 is 0 Å². The van der Waals surface area contributed by atoms with Crippen LogP contribution in [0.2, 0.25) is 0 Å². The maximum absolute atomic E-state index is 0. The molecule has 0 fully saturated rings. The van der Waals surface area contributed by atoms with Gasteiger partial charge in [-0.05, 0) is 0 Å². The zero-order valence-electron chi connectivity index (χ0n) is 2.58. The topological polar surface area (TPSA) is 126 Å². The molecule has 0 aliphatic carbocycles. The van der Waals surface area contributed by atoms with Gasteiger partial charge in [-0.3, -0.25) is 0 Å². The second-order valence-electron chi connectivity index (χ2n) is 0. The highest BCUT2D eigenvalue weighted by atomic mass is 27.0. The van der Waals surface area contributed by atoms with E-state index in [1.54, 1.807) is 0 Å². The van der Waals surface area contributed by atoms with Crippen molar-refractivity contribution in [3.63, 3.8) is 0 Å². The van der Waals surface area contributed by atoms with Gasteiger partial charge in [0, 0.05) is 17.4 Å². The van der Waals surface area contributed by atoms with Crippen LogP contribution in [0.5, 0.6) is 0 Å². The molecule has 8 N–H and O–H groups in total. The Kier molecular flexibility index (Phi) is 53100. The normalized spacial score (nSPS) is 0. The number of rotatable bonds is 0. The quantitative estimate of drug-likeness (QED) is 0.277. The Morgan fingerprint density at radius 2 is 0.400 bits per heavy atom. The summed E-state index contributed by atoms with van der Waals surface area (Å²) in [6, 6.07) is 0. The molecule has 0 heterocycles. The predicted molar refractivity (Wildman–Crippen MR) is 20.2 cm³/mol. The molecule has 0 atom stereocenters. The third kappa shape index (κ3) is 177. The Morgan fingerprint density at radius 3 is 0.400 bits per heavy atom. The molecule has 5 heavy (non-hydrogen) atoms. The van der Waals surface area contributed by atoms with Crippen LogP contribution in [-0.2, 0) is 0 Å². The summed E-state index contributed by atoms with van der Waals surface area (Å²) in [5.74, 6) is 0. The summed E-state index contributed by atoms with van der Waals surface area (Å²) in [4.78, 5) is 0. The third-order valence-corrected chi connectivity index (χ3v) is 0. The van der Waals surface area contributed by atoms with Crippen LogP contribution in [0, 0.1) is 0 Å². The smallest absolute Gasteiger partial charge is 0 e. The van der Waals surface area contributed by atoms with Crippen molar-refractivity contribution in [2.75, 3.05) is 0 Å². The first-order chi connectivity index (χ1) is 0. The van der Waals surface area contributed by atoms with Crippen LogP contribution in [0.25, 0.3) is 0 Å². The van der Waals surface area contributed by atoms with Gasteiger partial charge < -0.3 is 21.9 Å². The minimum atomic E-state index is 0. The predicted octanol–water partition coefficient (Wildman–Crippen LogP) is -3.68. The van der Waals surface area contributed by atoms with E-state index in [2.05, 4.69) is 0 Å². The first-order valence-electron chi connectivity index (χ1n) is 0. The second kappa shape index (κ2) is 358. The Hall–Kier alpha value is 0.372. The lowest BCUT2D eigenvalue weighted by molar-refractivity contribution is 0.823. The summed E-state index contributed by atoms with van der Waals surface area (Å²) >= 11 is 0. The van der Waals surface area contributed by atoms with Crippen molar-refractivity contribution < 1.29 is 21.9 Å². The number of hydrogen-bond donors (Lipinski definition) is 0. The molecule has 3 radical (unpaired) electrons.